The van der Waals surface area contributed by atoms with Gasteiger partial charge in [-0.05, 0) is 13.0 Å². The van der Waals surface area contributed by atoms with Crippen LogP contribution in [-0.4, -0.2) is 17.6 Å². The van der Waals surface area contributed by atoms with E-state index in [2.05, 4.69) is 10.1 Å². The van der Waals surface area contributed by atoms with E-state index >= 15 is 0 Å². The fraction of sp³-hybridized carbons (Fsp3) is 0.222. The van der Waals surface area contributed by atoms with Crippen molar-refractivity contribution in [1.29, 1.82) is 0 Å². The molecule has 0 fully saturated rings. The standard InChI is InChI=1S/C9H9ClN2O4/c1-2-16-9(13)11-8-4-3-6(12(14)15)5-7(8)10/h3-5H,2H2,1H3,(H,11,13). The van der Waals surface area contributed by atoms with Crippen LogP contribution in [0.25, 0.3) is 0 Å². The zero-order chi connectivity index (χ0) is 12.1. The van der Waals surface area contributed by atoms with Gasteiger partial charge < -0.3 is 4.74 Å². The predicted octanol–water partition coefficient (Wildman–Crippen LogP) is 2.82. The molecule has 0 saturated carbocycles. The Morgan fingerprint density at radius 1 is 1.62 bits per heavy atom. The Morgan fingerprint density at radius 2 is 2.31 bits per heavy atom. The van der Waals surface area contributed by atoms with E-state index in [0.29, 0.717) is 0 Å². The number of carbonyl (C=O) groups is 1. The molecule has 0 spiro atoms. The van der Waals surface area contributed by atoms with E-state index in [-0.39, 0.29) is 23.0 Å². The van der Waals surface area contributed by atoms with Gasteiger partial charge in [0, 0.05) is 12.1 Å². The number of nitro groups is 1. The number of hydrogen-bond acceptors (Lipinski definition) is 4. The Morgan fingerprint density at radius 3 is 2.81 bits per heavy atom. The average molecular weight is 245 g/mol. The summed E-state index contributed by atoms with van der Waals surface area (Å²) in [5, 5.41) is 12.9. The fourth-order valence-corrected chi connectivity index (χ4v) is 1.22. The lowest BCUT2D eigenvalue weighted by Crippen LogP contribution is -2.13. The van der Waals surface area contributed by atoms with Gasteiger partial charge in [0.25, 0.3) is 5.69 Å². The molecule has 0 aliphatic heterocycles. The third kappa shape index (κ3) is 3.09. The summed E-state index contributed by atoms with van der Waals surface area (Å²) in [4.78, 5) is 20.9. The molecular weight excluding hydrogens is 236 g/mol. The molecule has 0 heterocycles. The van der Waals surface area contributed by atoms with Gasteiger partial charge in [-0.2, -0.15) is 0 Å². The lowest BCUT2D eigenvalue weighted by molar-refractivity contribution is -0.384. The minimum atomic E-state index is -0.654. The number of halogens is 1. The zero-order valence-electron chi connectivity index (χ0n) is 8.40. The van der Waals surface area contributed by atoms with Gasteiger partial charge in [0.15, 0.2) is 0 Å². The molecule has 1 aromatic rings. The lowest BCUT2D eigenvalue weighted by Gasteiger charge is -2.06. The number of ether oxygens (including phenoxy) is 1. The normalized spacial score (nSPS) is 9.62. The number of nitrogens with one attached hydrogen (secondary N) is 1. The van der Waals surface area contributed by atoms with Crippen molar-refractivity contribution in [2.45, 2.75) is 6.92 Å². The highest BCUT2D eigenvalue weighted by Crippen LogP contribution is 2.26. The molecule has 1 N–H and O–H groups in total. The van der Waals surface area contributed by atoms with Crippen molar-refractivity contribution < 1.29 is 14.5 Å². The number of non-ortho nitro benzene ring substituents is 1. The molecule has 1 amide bonds. The minimum Gasteiger partial charge on any atom is -0.450 e. The number of benzene rings is 1. The van der Waals surface area contributed by atoms with E-state index in [9.17, 15) is 14.9 Å². The van der Waals surface area contributed by atoms with Crippen LogP contribution in [0, 0.1) is 10.1 Å². The summed E-state index contributed by atoms with van der Waals surface area (Å²) in [6.45, 7) is 1.90. The molecule has 7 heteroatoms. The molecule has 0 bridgehead atoms. The van der Waals surface area contributed by atoms with Crippen molar-refractivity contribution >= 4 is 29.1 Å². The van der Waals surface area contributed by atoms with Crippen LogP contribution >= 0.6 is 11.6 Å². The van der Waals surface area contributed by atoms with E-state index in [1.165, 1.54) is 12.1 Å². The van der Waals surface area contributed by atoms with Gasteiger partial charge in [-0.1, -0.05) is 11.6 Å². The van der Waals surface area contributed by atoms with Gasteiger partial charge in [-0.15, -0.1) is 0 Å². The maximum atomic E-state index is 11.1. The molecular formula is C9H9ClN2O4. The Bertz CT molecular complexity index is 422. The van der Waals surface area contributed by atoms with Crippen molar-refractivity contribution in [3.8, 4) is 0 Å². The van der Waals surface area contributed by atoms with Crippen LogP contribution in [0.4, 0.5) is 16.2 Å². The fourth-order valence-electron chi connectivity index (χ4n) is 0.996. The van der Waals surface area contributed by atoms with E-state index in [1.807, 2.05) is 0 Å². The van der Waals surface area contributed by atoms with Crippen LogP contribution in [0.1, 0.15) is 6.92 Å². The van der Waals surface area contributed by atoms with Crippen LogP contribution in [0.2, 0.25) is 5.02 Å². The molecule has 6 nitrogen and oxygen atoms in total. The lowest BCUT2D eigenvalue weighted by atomic mass is 10.3. The van der Waals surface area contributed by atoms with Crippen molar-refractivity contribution in [2.75, 3.05) is 11.9 Å². The van der Waals surface area contributed by atoms with Crippen molar-refractivity contribution in [2.24, 2.45) is 0 Å². The van der Waals surface area contributed by atoms with Gasteiger partial charge in [-0.3, -0.25) is 15.4 Å². The second-order valence-corrected chi connectivity index (χ2v) is 3.17. The summed E-state index contributed by atoms with van der Waals surface area (Å²) >= 11 is 5.74. The average Bonchev–Trinajstić information content (AvgIpc) is 2.21. The van der Waals surface area contributed by atoms with Gasteiger partial charge in [0.2, 0.25) is 0 Å². The van der Waals surface area contributed by atoms with Crippen molar-refractivity contribution in [3.05, 3.63) is 33.3 Å². The maximum Gasteiger partial charge on any atom is 0.411 e. The largest absolute Gasteiger partial charge is 0.450 e. The molecule has 0 saturated heterocycles. The minimum absolute atomic E-state index is 0.0854. The zero-order valence-corrected chi connectivity index (χ0v) is 9.15. The maximum absolute atomic E-state index is 11.1. The highest BCUT2D eigenvalue weighted by molar-refractivity contribution is 6.33. The van der Waals surface area contributed by atoms with Gasteiger partial charge in [-0.25, -0.2) is 4.79 Å². The molecule has 16 heavy (non-hydrogen) atoms. The monoisotopic (exact) mass is 244 g/mol. The summed E-state index contributed by atoms with van der Waals surface area (Å²) in [7, 11) is 0. The number of nitrogens with zero attached hydrogens (tertiary/aromatic N) is 1. The van der Waals surface area contributed by atoms with E-state index in [1.54, 1.807) is 6.92 Å². The second kappa shape index (κ2) is 5.32. The molecule has 1 rings (SSSR count). The Labute approximate surface area is 96.3 Å². The topological polar surface area (TPSA) is 81.5 Å². The SMILES string of the molecule is CCOC(=O)Nc1ccc([N+](=O)[O-])cc1Cl. The third-order valence-corrected chi connectivity index (χ3v) is 1.99. The third-order valence-electron chi connectivity index (χ3n) is 1.68. The highest BCUT2D eigenvalue weighted by atomic mass is 35.5. The van der Waals surface area contributed by atoms with Gasteiger partial charge in [0.1, 0.15) is 0 Å². The number of anilines is 1. The van der Waals surface area contributed by atoms with Crippen LogP contribution < -0.4 is 5.32 Å². The molecule has 0 aromatic heterocycles. The summed E-state index contributed by atoms with van der Waals surface area (Å²) in [6.07, 6.45) is -0.654. The summed E-state index contributed by atoms with van der Waals surface area (Å²) in [5.74, 6) is 0. The molecule has 1 aromatic carbocycles. The van der Waals surface area contributed by atoms with E-state index in [4.69, 9.17) is 11.6 Å². The van der Waals surface area contributed by atoms with E-state index < -0.39 is 11.0 Å². The summed E-state index contributed by atoms with van der Waals surface area (Å²) in [5.41, 5.74) is 0.130. The first kappa shape index (κ1) is 12.3. The Kier molecular flexibility index (Phi) is 4.07. The van der Waals surface area contributed by atoms with Crippen molar-refractivity contribution in [3.63, 3.8) is 0 Å². The van der Waals surface area contributed by atoms with Crippen LogP contribution in [-0.2, 0) is 4.74 Å². The number of hydrogen-bond donors (Lipinski definition) is 1. The Balaban J connectivity index is 2.83. The summed E-state index contributed by atoms with van der Waals surface area (Å²) < 4.78 is 4.64. The summed E-state index contributed by atoms with van der Waals surface area (Å²) in [6, 6.07) is 3.74. The van der Waals surface area contributed by atoms with E-state index in [0.717, 1.165) is 6.07 Å². The number of rotatable bonds is 3. The molecule has 0 atom stereocenters. The predicted molar refractivity (Wildman–Crippen MR) is 58.8 cm³/mol. The number of nitro benzene ring substituents is 1. The highest BCUT2D eigenvalue weighted by Gasteiger charge is 2.11. The molecule has 0 radical (unpaired) electrons. The first-order valence-corrected chi connectivity index (χ1v) is 4.80. The quantitative estimate of drug-likeness (QED) is 0.655. The smallest absolute Gasteiger partial charge is 0.411 e. The molecule has 86 valence electrons. The molecule has 0 aliphatic carbocycles. The first-order chi connectivity index (χ1) is 7.54. The van der Waals surface area contributed by atoms with Crippen molar-refractivity contribution in [1.82, 2.24) is 0 Å². The van der Waals surface area contributed by atoms with Crippen LogP contribution in [0.15, 0.2) is 18.2 Å². The first-order valence-electron chi connectivity index (χ1n) is 4.42. The number of amides is 1. The Hall–Kier alpha value is -1.82. The van der Waals surface area contributed by atoms with Crippen LogP contribution in [0.5, 0.6) is 0 Å². The van der Waals surface area contributed by atoms with Gasteiger partial charge >= 0.3 is 6.09 Å². The number of carbonyl (C=O) groups excluding carboxylic acids is 1. The van der Waals surface area contributed by atoms with Crippen LogP contribution in [0.3, 0.4) is 0 Å². The molecule has 0 unspecified atom stereocenters. The van der Waals surface area contributed by atoms with Gasteiger partial charge in [0.05, 0.1) is 22.2 Å². The molecule has 0 aliphatic rings. The second-order valence-electron chi connectivity index (χ2n) is 2.77.